The molecule has 1 saturated carbocycles. The summed E-state index contributed by atoms with van der Waals surface area (Å²) in [4.78, 5) is 11.4. The van der Waals surface area contributed by atoms with Crippen LogP contribution in [0.3, 0.4) is 0 Å². The van der Waals surface area contributed by atoms with E-state index in [9.17, 15) is 9.18 Å². The summed E-state index contributed by atoms with van der Waals surface area (Å²) in [6.07, 6.45) is 6.40. The highest BCUT2D eigenvalue weighted by Gasteiger charge is 2.16. The zero-order valence-electron chi connectivity index (χ0n) is 10.8. The normalized spacial score (nSPS) is 15.9. The van der Waals surface area contributed by atoms with Crippen molar-refractivity contribution < 1.29 is 9.18 Å². The number of carbonyl (C=O) groups is 1. The van der Waals surface area contributed by atoms with Crippen molar-refractivity contribution in [2.24, 2.45) is 5.92 Å². The van der Waals surface area contributed by atoms with Gasteiger partial charge in [0, 0.05) is 12.2 Å². The number of Topliss-reactive ketones (excluding diaryl/α,β-unsaturated/α-hetero) is 1. The molecule has 3 heteroatoms. The van der Waals surface area contributed by atoms with Crippen molar-refractivity contribution in [1.29, 1.82) is 0 Å². The number of nitrogens with one attached hydrogen (secondary N) is 1. The van der Waals surface area contributed by atoms with Crippen molar-refractivity contribution in [3.05, 3.63) is 29.6 Å². The second kappa shape index (κ2) is 5.98. The molecule has 1 aliphatic rings. The van der Waals surface area contributed by atoms with Gasteiger partial charge in [-0.1, -0.05) is 31.7 Å². The lowest BCUT2D eigenvalue weighted by Crippen LogP contribution is -2.10. The second-order valence-corrected chi connectivity index (χ2v) is 5.08. The maximum Gasteiger partial charge on any atom is 0.164 e. The molecule has 0 radical (unpaired) electrons. The van der Waals surface area contributed by atoms with Crippen molar-refractivity contribution in [3.8, 4) is 0 Å². The molecule has 2 rings (SSSR count). The van der Waals surface area contributed by atoms with Crippen LogP contribution in [0.4, 0.5) is 10.1 Å². The first kappa shape index (κ1) is 13.1. The number of hydrogen-bond donors (Lipinski definition) is 1. The Labute approximate surface area is 108 Å². The second-order valence-electron chi connectivity index (χ2n) is 5.08. The van der Waals surface area contributed by atoms with E-state index in [0.29, 0.717) is 5.69 Å². The van der Waals surface area contributed by atoms with Gasteiger partial charge in [-0.25, -0.2) is 4.39 Å². The van der Waals surface area contributed by atoms with Crippen molar-refractivity contribution in [1.82, 2.24) is 0 Å². The highest BCUT2D eigenvalue weighted by Crippen LogP contribution is 2.27. The Hall–Kier alpha value is -1.38. The zero-order valence-corrected chi connectivity index (χ0v) is 10.8. The number of anilines is 1. The lowest BCUT2D eigenvalue weighted by atomic mass is 10.0. The van der Waals surface area contributed by atoms with Gasteiger partial charge in [0.1, 0.15) is 5.82 Å². The highest BCUT2D eigenvalue weighted by atomic mass is 19.1. The van der Waals surface area contributed by atoms with Gasteiger partial charge in [0.05, 0.1) is 5.56 Å². The standard InChI is InChI=1S/C15H20FNO/c1-11(18)15-13(16)7-4-8-14(15)17-10-9-12-5-2-3-6-12/h4,7-8,12,17H,2-3,5-6,9-10H2,1H3. The highest BCUT2D eigenvalue weighted by molar-refractivity contribution is 5.99. The van der Waals surface area contributed by atoms with Crippen LogP contribution < -0.4 is 5.32 Å². The molecule has 0 aliphatic heterocycles. The number of benzene rings is 1. The van der Waals surface area contributed by atoms with Crippen LogP contribution in [0.15, 0.2) is 18.2 Å². The summed E-state index contributed by atoms with van der Waals surface area (Å²) in [5, 5.41) is 3.20. The van der Waals surface area contributed by atoms with E-state index in [1.165, 1.54) is 38.7 Å². The molecule has 0 atom stereocenters. The molecule has 0 aromatic heterocycles. The number of halogens is 1. The van der Waals surface area contributed by atoms with Crippen molar-refractivity contribution >= 4 is 11.5 Å². The topological polar surface area (TPSA) is 29.1 Å². The van der Waals surface area contributed by atoms with Crippen LogP contribution in [0, 0.1) is 11.7 Å². The molecule has 98 valence electrons. The molecule has 0 saturated heterocycles. The summed E-state index contributed by atoms with van der Waals surface area (Å²) >= 11 is 0. The molecule has 1 aliphatic carbocycles. The SMILES string of the molecule is CC(=O)c1c(F)cccc1NCCC1CCCC1. The minimum atomic E-state index is -0.437. The lowest BCUT2D eigenvalue weighted by molar-refractivity contribution is 0.101. The molecule has 0 bridgehead atoms. The average molecular weight is 249 g/mol. The molecule has 18 heavy (non-hydrogen) atoms. The Morgan fingerprint density at radius 1 is 1.39 bits per heavy atom. The Morgan fingerprint density at radius 2 is 2.11 bits per heavy atom. The zero-order chi connectivity index (χ0) is 13.0. The van der Waals surface area contributed by atoms with Gasteiger partial charge in [0.25, 0.3) is 0 Å². The van der Waals surface area contributed by atoms with Gasteiger partial charge in [-0.3, -0.25) is 4.79 Å². The van der Waals surface area contributed by atoms with Crippen LogP contribution >= 0.6 is 0 Å². The minimum Gasteiger partial charge on any atom is -0.384 e. The van der Waals surface area contributed by atoms with E-state index in [1.807, 2.05) is 0 Å². The molecule has 0 unspecified atom stereocenters. The maximum atomic E-state index is 13.6. The molecule has 1 N–H and O–H groups in total. The molecule has 0 amide bonds. The number of ketones is 1. The van der Waals surface area contributed by atoms with Gasteiger partial charge in [0.2, 0.25) is 0 Å². The molecule has 0 spiro atoms. The molecule has 1 aromatic carbocycles. The summed E-state index contributed by atoms with van der Waals surface area (Å²) in [5.41, 5.74) is 0.810. The molecular formula is C15H20FNO. The fraction of sp³-hybridized carbons (Fsp3) is 0.533. The van der Waals surface area contributed by atoms with Crippen LogP contribution in [0.2, 0.25) is 0 Å². The average Bonchev–Trinajstić information content (AvgIpc) is 2.81. The van der Waals surface area contributed by atoms with Crippen LogP contribution in [-0.4, -0.2) is 12.3 Å². The Kier molecular flexibility index (Phi) is 4.34. The van der Waals surface area contributed by atoms with E-state index in [0.717, 1.165) is 18.9 Å². The van der Waals surface area contributed by atoms with Gasteiger partial charge in [-0.05, 0) is 31.4 Å². The Bertz CT molecular complexity index is 425. The first-order valence-electron chi connectivity index (χ1n) is 6.72. The van der Waals surface area contributed by atoms with Gasteiger partial charge in [-0.15, -0.1) is 0 Å². The fourth-order valence-electron chi connectivity index (χ4n) is 2.74. The fourth-order valence-corrected chi connectivity index (χ4v) is 2.74. The van der Waals surface area contributed by atoms with Crippen LogP contribution in [0.25, 0.3) is 0 Å². The summed E-state index contributed by atoms with van der Waals surface area (Å²) in [5.74, 6) is 0.136. The third kappa shape index (κ3) is 3.09. The summed E-state index contributed by atoms with van der Waals surface area (Å²) < 4.78 is 13.6. The van der Waals surface area contributed by atoms with E-state index in [-0.39, 0.29) is 11.3 Å². The number of hydrogen-bond acceptors (Lipinski definition) is 2. The van der Waals surface area contributed by atoms with Gasteiger partial charge >= 0.3 is 0 Å². The lowest BCUT2D eigenvalue weighted by Gasteiger charge is -2.13. The summed E-state index contributed by atoms with van der Waals surface area (Å²) in [6, 6.07) is 4.74. The third-order valence-electron chi connectivity index (χ3n) is 3.71. The monoisotopic (exact) mass is 249 g/mol. The molecule has 1 aromatic rings. The van der Waals surface area contributed by atoms with E-state index >= 15 is 0 Å². The predicted octanol–water partition coefficient (Wildman–Crippen LogP) is 4.02. The Morgan fingerprint density at radius 3 is 2.78 bits per heavy atom. The third-order valence-corrected chi connectivity index (χ3v) is 3.71. The van der Waals surface area contributed by atoms with Crippen LogP contribution in [-0.2, 0) is 0 Å². The van der Waals surface area contributed by atoms with Crippen molar-refractivity contribution in [3.63, 3.8) is 0 Å². The smallest absolute Gasteiger partial charge is 0.164 e. The van der Waals surface area contributed by atoms with E-state index in [1.54, 1.807) is 12.1 Å². The van der Waals surface area contributed by atoms with Crippen LogP contribution in [0.1, 0.15) is 49.4 Å². The minimum absolute atomic E-state index is 0.184. The van der Waals surface area contributed by atoms with Crippen molar-refractivity contribution in [2.75, 3.05) is 11.9 Å². The number of rotatable bonds is 5. The van der Waals surface area contributed by atoms with Gasteiger partial charge in [0.15, 0.2) is 5.78 Å². The van der Waals surface area contributed by atoms with E-state index in [2.05, 4.69) is 5.32 Å². The first-order valence-corrected chi connectivity index (χ1v) is 6.72. The maximum absolute atomic E-state index is 13.6. The molecule has 2 nitrogen and oxygen atoms in total. The van der Waals surface area contributed by atoms with E-state index < -0.39 is 5.82 Å². The van der Waals surface area contributed by atoms with Crippen molar-refractivity contribution in [2.45, 2.75) is 39.0 Å². The quantitative estimate of drug-likeness (QED) is 0.798. The first-order chi connectivity index (χ1) is 8.68. The van der Waals surface area contributed by atoms with E-state index in [4.69, 9.17) is 0 Å². The molecule has 1 fully saturated rings. The Balaban J connectivity index is 1.96. The largest absolute Gasteiger partial charge is 0.384 e. The molecule has 0 heterocycles. The van der Waals surface area contributed by atoms with Gasteiger partial charge in [-0.2, -0.15) is 0 Å². The summed E-state index contributed by atoms with van der Waals surface area (Å²) in [6.45, 7) is 2.22. The predicted molar refractivity (Wildman–Crippen MR) is 71.5 cm³/mol. The summed E-state index contributed by atoms with van der Waals surface area (Å²) in [7, 11) is 0. The molecular weight excluding hydrogens is 229 g/mol. The van der Waals surface area contributed by atoms with Gasteiger partial charge < -0.3 is 5.32 Å². The number of carbonyl (C=O) groups excluding carboxylic acids is 1. The van der Waals surface area contributed by atoms with Crippen LogP contribution in [0.5, 0.6) is 0 Å².